The Morgan fingerprint density at radius 1 is 1.40 bits per heavy atom. The Hall–Kier alpha value is -1.25. The third-order valence-corrected chi connectivity index (χ3v) is 5.37. The quantitative estimate of drug-likeness (QED) is 0.888. The maximum Gasteiger partial charge on any atom is 0.282 e. The number of aryl methyl sites for hydroxylation is 1. The summed E-state index contributed by atoms with van der Waals surface area (Å²) in [6, 6.07) is 1.61. The monoisotopic (exact) mass is 299 g/mol. The number of nitrogens with one attached hydrogen (secondary N) is 1. The SMILES string of the molecule is CNc1cc([C@@H]2CCCN2S(=O)(=O)N(C)C)nc(C)n1. The van der Waals surface area contributed by atoms with E-state index in [4.69, 9.17) is 0 Å². The van der Waals surface area contributed by atoms with E-state index in [1.165, 1.54) is 8.61 Å². The van der Waals surface area contributed by atoms with Gasteiger partial charge in [0.15, 0.2) is 0 Å². The van der Waals surface area contributed by atoms with Gasteiger partial charge < -0.3 is 5.32 Å². The number of aromatic nitrogens is 2. The average Bonchev–Trinajstić information content (AvgIpc) is 2.87. The van der Waals surface area contributed by atoms with Crippen LogP contribution in [0.4, 0.5) is 5.82 Å². The summed E-state index contributed by atoms with van der Waals surface area (Å²) in [4.78, 5) is 8.66. The first kappa shape index (κ1) is 15.1. The minimum Gasteiger partial charge on any atom is -0.373 e. The highest BCUT2D eigenvalue weighted by Gasteiger charge is 2.37. The lowest BCUT2D eigenvalue weighted by atomic mass is 10.1. The number of anilines is 1. The molecule has 1 saturated heterocycles. The first-order valence-corrected chi connectivity index (χ1v) is 7.98. The number of hydrogen-bond acceptors (Lipinski definition) is 5. The Labute approximate surface area is 120 Å². The van der Waals surface area contributed by atoms with Crippen LogP contribution in [-0.4, -0.2) is 54.7 Å². The molecule has 0 bridgehead atoms. The predicted molar refractivity (Wildman–Crippen MR) is 77.6 cm³/mol. The topological polar surface area (TPSA) is 78.4 Å². The van der Waals surface area contributed by atoms with E-state index < -0.39 is 10.2 Å². The Morgan fingerprint density at radius 3 is 2.70 bits per heavy atom. The molecule has 1 aliphatic rings. The van der Waals surface area contributed by atoms with Crippen molar-refractivity contribution < 1.29 is 8.42 Å². The summed E-state index contributed by atoms with van der Waals surface area (Å²) in [5, 5.41) is 2.98. The molecule has 1 aliphatic heterocycles. The Kier molecular flexibility index (Phi) is 4.26. The molecule has 0 spiro atoms. The van der Waals surface area contributed by atoms with Crippen LogP contribution in [0.15, 0.2) is 6.07 Å². The minimum absolute atomic E-state index is 0.212. The summed E-state index contributed by atoms with van der Waals surface area (Å²) in [5.74, 6) is 1.35. The smallest absolute Gasteiger partial charge is 0.282 e. The molecule has 0 unspecified atom stereocenters. The third-order valence-electron chi connectivity index (χ3n) is 3.42. The van der Waals surface area contributed by atoms with Crippen molar-refractivity contribution in [1.82, 2.24) is 18.6 Å². The van der Waals surface area contributed by atoms with Gasteiger partial charge >= 0.3 is 0 Å². The van der Waals surface area contributed by atoms with Gasteiger partial charge in [-0.1, -0.05) is 0 Å². The van der Waals surface area contributed by atoms with Gasteiger partial charge in [-0.05, 0) is 19.8 Å². The molecule has 0 radical (unpaired) electrons. The van der Waals surface area contributed by atoms with Crippen molar-refractivity contribution in [1.29, 1.82) is 0 Å². The first-order chi connectivity index (χ1) is 9.36. The van der Waals surface area contributed by atoms with E-state index in [1.54, 1.807) is 21.1 Å². The first-order valence-electron chi connectivity index (χ1n) is 6.59. The Morgan fingerprint density at radius 2 is 2.10 bits per heavy atom. The van der Waals surface area contributed by atoms with Crippen LogP contribution in [0.25, 0.3) is 0 Å². The van der Waals surface area contributed by atoms with E-state index in [0.29, 0.717) is 18.2 Å². The molecule has 20 heavy (non-hydrogen) atoms. The van der Waals surface area contributed by atoms with E-state index in [1.807, 2.05) is 13.0 Å². The van der Waals surface area contributed by atoms with E-state index in [-0.39, 0.29) is 6.04 Å². The zero-order chi connectivity index (χ0) is 14.9. The van der Waals surface area contributed by atoms with Crippen LogP contribution in [0.2, 0.25) is 0 Å². The lowest BCUT2D eigenvalue weighted by Gasteiger charge is -2.26. The summed E-state index contributed by atoms with van der Waals surface area (Å²) >= 11 is 0. The van der Waals surface area contributed by atoms with Crippen molar-refractivity contribution in [2.24, 2.45) is 0 Å². The van der Waals surface area contributed by atoms with Crippen molar-refractivity contribution in [2.75, 3.05) is 33.0 Å². The summed E-state index contributed by atoms with van der Waals surface area (Å²) in [5.41, 5.74) is 0.754. The van der Waals surface area contributed by atoms with E-state index >= 15 is 0 Å². The molecule has 0 aromatic carbocycles. The molecule has 1 aromatic rings. The second kappa shape index (κ2) is 5.63. The maximum atomic E-state index is 12.3. The summed E-state index contributed by atoms with van der Waals surface area (Å²) < 4.78 is 27.5. The van der Waals surface area contributed by atoms with Crippen molar-refractivity contribution in [3.8, 4) is 0 Å². The highest BCUT2D eigenvalue weighted by Crippen LogP contribution is 2.34. The molecule has 0 amide bonds. The second-order valence-electron chi connectivity index (χ2n) is 5.03. The van der Waals surface area contributed by atoms with Crippen molar-refractivity contribution in [3.05, 3.63) is 17.6 Å². The van der Waals surface area contributed by atoms with Gasteiger partial charge in [0.25, 0.3) is 10.2 Å². The largest absolute Gasteiger partial charge is 0.373 e. The van der Waals surface area contributed by atoms with E-state index in [9.17, 15) is 8.42 Å². The third kappa shape index (κ3) is 2.77. The molecule has 1 aromatic heterocycles. The molecular weight excluding hydrogens is 278 g/mol. The van der Waals surface area contributed by atoms with E-state index in [0.717, 1.165) is 18.5 Å². The van der Waals surface area contributed by atoms with Crippen LogP contribution in [-0.2, 0) is 10.2 Å². The van der Waals surface area contributed by atoms with Crippen molar-refractivity contribution >= 4 is 16.0 Å². The minimum atomic E-state index is -3.42. The van der Waals surface area contributed by atoms with Gasteiger partial charge in [-0.25, -0.2) is 9.97 Å². The van der Waals surface area contributed by atoms with Gasteiger partial charge in [0.1, 0.15) is 11.6 Å². The molecule has 7 nitrogen and oxygen atoms in total. The lowest BCUT2D eigenvalue weighted by molar-refractivity contribution is 0.357. The molecule has 1 N–H and O–H groups in total. The standard InChI is InChI=1S/C12H21N5O2S/c1-9-14-10(8-12(13-2)15-9)11-6-5-7-17(11)20(18,19)16(3)4/h8,11H,5-7H2,1-4H3,(H,13,14,15)/t11-/m0/s1. The molecule has 2 rings (SSSR count). The molecular formula is C12H21N5O2S. The van der Waals surface area contributed by atoms with E-state index in [2.05, 4.69) is 15.3 Å². The second-order valence-corrected chi connectivity index (χ2v) is 7.13. The summed E-state index contributed by atoms with van der Waals surface area (Å²) in [6.07, 6.45) is 1.63. The zero-order valence-electron chi connectivity index (χ0n) is 12.3. The highest BCUT2D eigenvalue weighted by molar-refractivity contribution is 7.86. The van der Waals surface area contributed by atoms with Gasteiger partial charge in [0, 0.05) is 33.8 Å². The fourth-order valence-electron chi connectivity index (χ4n) is 2.41. The van der Waals surface area contributed by atoms with Crippen LogP contribution >= 0.6 is 0 Å². The Bertz CT molecular complexity index is 588. The van der Waals surface area contributed by atoms with Crippen LogP contribution in [0.5, 0.6) is 0 Å². The number of nitrogens with zero attached hydrogens (tertiary/aromatic N) is 4. The fourth-order valence-corrected chi connectivity index (χ4v) is 3.73. The zero-order valence-corrected chi connectivity index (χ0v) is 13.1. The molecule has 1 atom stereocenters. The van der Waals surface area contributed by atoms with Crippen molar-refractivity contribution in [3.63, 3.8) is 0 Å². The van der Waals surface area contributed by atoms with Crippen LogP contribution in [0.1, 0.15) is 30.4 Å². The van der Waals surface area contributed by atoms with Crippen LogP contribution < -0.4 is 5.32 Å². The van der Waals surface area contributed by atoms with Crippen LogP contribution in [0.3, 0.4) is 0 Å². The predicted octanol–water partition coefficient (Wildman–Crippen LogP) is 0.770. The normalized spacial score (nSPS) is 20.6. The maximum absolute atomic E-state index is 12.3. The molecule has 0 saturated carbocycles. The average molecular weight is 299 g/mol. The summed E-state index contributed by atoms with van der Waals surface area (Å²) in [6.45, 7) is 2.34. The molecule has 112 valence electrons. The van der Waals surface area contributed by atoms with Crippen molar-refractivity contribution in [2.45, 2.75) is 25.8 Å². The van der Waals surface area contributed by atoms with Crippen LogP contribution in [0, 0.1) is 6.92 Å². The summed E-state index contributed by atoms with van der Waals surface area (Å²) in [7, 11) is 1.47. The number of hydrogen-bond donors (Lipinski definition) is 1. The highest BCUT2D eigenvalue weighted by atomic mass is 32.2. The van der Waals surface area contributed by atoms with Gasteiger partial charge in [-0.2, -0.15) is 17.0 Å². The molecule has 1 fully saturated rings. The molecule has 0 aliphatic carbocycles. The van der Waals surface area contributed by atoms with Gasteiger partial charge in [-0.3, -0.25) is 0 Å². The Balaban J connectivity index is 2.39. The number of rotatable bonds is 4. The van der Waals surface area contributed by atoms with Gasteiger partial charge in [0.2, 0.25) is 0 Å². The fraction of sp³-hybridized carbons (Fsp3) is 0.667. The van der Waals surface area contributed by atoms with Gasteiger partial charge in [-0.15, -0.1) is 0 Å². The van der Waals surface area contributed by atoms with Gasteiger partial charge in [0.05, 0.1) is 11.7 Å². The molecule has 2 heterocycles. The lowest BCUT2D eigenvalue weighted by Crippen LogP contribution is -2.39. The molecule has 8 heteroatoms.